The molecule has 2 rings (SSSR count). The monoisotopic (exact) mass is 197 g/mol. The molecule has 0 fully saturated rings. The van der Waals surface area contributed by atoms with Crippen LogP contribution in [0.15, 0.2) is 22.5 Å². The van der Waals surface area contributed by atoms with Gasteiger partial charge in [0.25, 0.3) is 0 Å². The normalized spacial score (nSPS) is 10.5. The first-order valence-electron chi connectivity index (χ1n) is 3.44. The summed E-state index contributed by atoms with van der Waals surface area (Å²) < 4.78 is 7.01. The van der Waals surface area contributed by atoms with Crippen LogP contribution in [0.3, 0.4) is 0 Å². The molecule has 4 heteroatoms. The fourth-order valence-electron chi connectivity index (χ4n) is 1.07. The van der Waals surface area contributed by atoms with E-state index in [9.17, 15) is 0 Å². The third-order valence-electron chi connectivity index (χ3n) is 1.59. The molecule has 62 valence electrons. The van der Waals surface area contributed by atoms with Crippen molar-refractivity contribution >= 4 is 34.2 Å². The molecule has 0 radical (unpaired) electrons. The number of thiol groups is 1. The van der Waals surface area contributed by atoms with Crippen LogP contribution in [0, 0.1) is 0 Å². The molecule has 0 spiro atoms. The Morgan fingerprint density at radius 3 is 3.08 bits per heavy atom. The number of nitrogens with zero attached hydrogens (tertiary/aromatic N) is 1. The molecule has 2 aromatic rings. The summed E-state index contributed by atoms with van der Waals surface area (Å²) in [5, 5.41) is 0. The summed E-state index contributed by atoms with van der Waals surface area (Å²) in [5.74, 6) is 0.866. The highest BCUT2D eigenvalue weighted by Gasteiger charge is 2.04. The van der Waals surface area contributed by atoms with E-state index >= 15 is 0 Å². The third-order valence-corrected chi connectivity index (χ3v) is 2.85. The van der Waals surface area contributed by atoms with Gasteiger partial charge in [0.05, 0.1) is 17.3 Å². The minimum absolute atomic E-state index is 0.773. The van der Waals surface area contributed by atoms with E-state index in [1.54, 1.807) is 7.11 Å². The van der Waals surface area contributed by atoms with Gasteiger partial charge in [0.15, 0.2) is 0 Å². The van der Waals surface area contributed by atoms with Crippen LogP contribution >= 0.6 is 24.0 Å². The Bertz CT molecular complexity index is 410. The first-order chi connectivity index (χ1) is 5.81. The smallest absolute Gasteiger partial charge is 0.148 e. The number of benzene rings is 1. The number of fused-ring (bicyclic) bond motifs is 1. The maximum absolute atomic E-state index is 5.18. The molecule has 0 bridgehead atoms. The quantitative estimate of drug-likeness (QED) is 0.710. The van der Waals surface area contributed by atoms with Crippen molar-refractivity contribution in [1.82, 2.24) is 4.98 Å². The summed E-state index contributed by atoms with van der Waals surface area (Å²) in [6.45, 7) is 0. The zero-order valence-electron chi connectivity index (χ0n) is 6.44. The van der Waals surface area contributed by atoms with Crippen LogP contribution in [0.1, 0.15) is 0 Å². The highest BCUT2D eigenvalue weighted by Crippen LogP contribution is 2.31. The Balaban J connectivity index is 2.78. The molecule has 0 unspecified atom stereocenters. The molecule has 1 aromatic heterocycles. The van der Waals surface area contributed by atoms with Crippen LogP contribution in [-0.2, 0) is 0 Å². The van der Waals surface area contributed by atoms with E-state index in [0.717, 1.165) is 20.3 Å². The van der Waals surface area contributed by atoms with Gasteiger partial charge in [0, 0.05) is 0 Å². The van der Waals surface area contributed by atoms with Gasteiger partial charge >= 0.3 is 0 Å². The summed E-state index contributed by atoms with van der Waals surface area (Å²) in [5.41, 5.74) is 0.948. The second-order valence-electron chi connectivity index (χ2n) is 2.30. The fraction of sp³-hybridized carbons (Fsp3) is 0.125. The number of ether oxygens (including phenoxy) is 1. The zero-order valence-corrected chi connectivity index (χ0v) is 8.15. The lowest BCUT2D eigenvalue weighted by Gasteiger charge is -1.97. The lowest BCUT2D eigenvalue weighted by molar-refractivity contribution is 0.420. The van der Waals surface area contributed by atoms with E-state index in [1.165, 1.54) is 11.3 Å². The SMILES string of the molecule is COc1cccc2nc(S)sc12. The Morgan fingerprint density at radius 1 is 1.50 bits per heavy atom. The molecule has 0 saturated heterocycles. The second-order valence-corrected chi connectivity index (χ2v) is 4.03. The van der Waals surface area contributed by atoms with Gasteiger partial charge in [-0.2, -0.15) is 0 Å². The van der Waals surface area contributed by atoms with Crippen molar-refractivity contribution in [3.8, 4) is 5.75 Å². The van der Waals surface area contributed by atoms with Crippen molar-refractivity contribution in [3.05, 3.63) is 18.2 Å². The van der Waals surface area contributed by atoms with Gasteiger partial charge < -0.3 is 4.74 Å². The Morgan fingerprint density at radius 2 is 2.33 bits per heavy atom. The predicted octanol–water partition coefficient (Wildman–Crippen LogP) is 2.59. The maximum atomic E-state index is 5.18. The summed E-state index contributed by atoms with van der Waals surface area (Å²) in [7, 11) is 1.66. The highest BCUT2D eigenvalue weighted by atomic mass is 32.2. The van der Waals surface area contributed by atoms with Crippen LogP contribution < -0.4 is 4.74 Å². The standard InChI is InChI=1S/C8H7NOS2/c1-10-6-4-2-3-5-7(6)12-8(11)9-5/h2-4H,1H3,(H,9,11). The average Bonchev–Trinajstić information content (AvgIpc) is 2.44. The first-order valence-corrected chi connectivity index (χ1v) is 4.70. The molecule has 1 heterocycles. The lowest BCUT2D eigenvalue weighted by atomic mass is 10.3. The largest absolute Gasteiger partial charge is 0.495 e. The van der Waals surface area contributed by atoms with Gasteiger partial charge in [-0.15, -0.1) is 24.0 Å². The lowest BCUT2D eigenvalue weighted by Crippen LogP contribution is -1.81. The third kappa shape index (κ3) is 1.17. The van der Waals surface area contributed by atoms with E-state index in [0.29, 0.717) is 0 Å². The predicted molar refractivity (Wildman–Crippen MR) is 53.4 cm³/mol. The van der Waals surface area contributed by atoms with Gasteiger partial charge in [-0.25, -0.2) is 4.98 Å². The molecule has 1 aromatic carbocycles. The summed E-state index contributed by atoms with van der Waals surface area (Å²) in [4.78, 5) is 4.22. The van der Waals surface area contributed by atoms with Crippen LogP contribution in [0.5, 0.6) is 5.75 Å². The summed E-state index contributed by atoms with van der Waals surface area (Å²) in [6, 6.07) is 5.80. The van der Waals surface area contributed by atoms with Gasteiger partial charge in [0.2, 0.25) is 0 Å². The Kier molecular flexibility index (Phi) is 1.94. The van der Waals surface area contributed by atoms with Crippen molar-refractivity contribution in [1.29, 1.82) is 0 Å². The van der Waals surface area contributed by atoms with Crippen LogP contribution in [-0.4, -0.2) is 12.1 Å². The highest BCUT2D eigenvalue weighted by molar-refractivity contribution is 7.82. The van der Waals surface area contributed by atoms with Crippen molar-refractivity contribution in [2.75, 3.05) is 7.11 Å². The Labute approximate surface area is 79.6 Å². The number of methoxy groups -OCH3 is 1. The van der Waals surface area contributed by atoms with Crippen LogP contribution in [0.25, 0.3) is 10.2 Å². The van der Waals surface area contributed by atoms with E-state index in [4.69, 9.17) is 4.74 Å². The van der Waals surface area contributed by atoms with Gasteiger partial charge in [-0.1, -0.05) is 6.07 Å². The van der Waals surface area contributed by atoms with E-state index < -0.39 is 0 Å². The minimum atomic E-state index is 0.773. The summed E-state index contributed by atoms with van der Waals surface area (Å²) in [6.07, 6.45) is 0. The number of aromatic nitrogens is 1. The topological polar surface area (TPSA) is 22.1 Å². The molecule has 2 nitrogen and oxygen atoms in total. The van der Waals surface area contributed by atoms with Gasteiger partial charge in [0.1, 0.15) is 10.1 Å². The number of rotatable bonds is 1. The second kappa shape index (κ2) is 2.95. The van der Waals surface area contributed by atoms with Crippen molar-refractivity contribution in [3.63, 3.8) is 0 Å². The molecule has 0 aliphatic rings. The van der Waals surface area contributed by atoms with E-state index in [1.807, 2.05) is 18.2 Å². The molecule has 0 N–H and O–H groups in total. The van der Waals surface area contributed by atoms with Gasteiger partial charge in [-0.05, 0) is 12.1 Å². The summed E-state index contributed by atoms with van der Waals surface area (Å²) >= 11 is 5.71. The van der Waals surface area contributed by atoms with Crippen molar-refractivity contribution < 1.29 is 4.74 Å². The molecular weight excluding hydrogens is 190 g/mol. The average molecular weight is 197 g/mol. The molecule has 0 amide bonds. The molecule has 0 aliphatic carbocycles. The molecule has 0 atom stereocenters. The number of hydrogen-bond donors (Lipinski definition) is 1. The van der Waals surface area contributed by atoms with Crippen LogP contribution in [0.4, 0.5) is 0 Å². The molecule has 0 aliphatic heterocycles. The van der Waals surface area contributed by atoms with Crippen LogP contribution in [0.2, 0.25) is 0 Å². The zero-order chi connectivity index (χ0) is 8.55. The maximum Gasteiger partial charge on any atom is 0.148 e. The van der Waals surface area contributed by atoms with Crippen molar-refractivity contribution in [2.24, 2.45) is 0 Å². The van der Waals surface area contributed by atoms with Gasteiger partial charge in [-0.3, -0.25) is 0 Å². The van der Waals surface area contributed by atoms with Crippen molar-refractivity contribution in [2.45, 2.75) is 4.34 Å². The van der Waals surface area contributed by atoms with E-state index in [2.05, 4.69) is 17.6 Å². The minimum Gasteiger partial charge on any atom is -0.495 e. The number of thiazole rings is 1. The first kappa shape index (κ1) is 7.89. The molecular formula is C8H7NOS2. The Hall–Kier alpha value is -0.740. The fourth-order valence-corrected chi connectivity index (χ4v) is 2.25. The number of hydrogen-bond acceptors (Lipinski definition) is 4. The molecule has 12 heavy (non-hydrogen) atoms. The van der Waals surface area contributed by atoms with E-state index in [-0.39, 0.29) is 0 Å². The molecule has 0 saturated carbocycles.